The second kappa shape index (κ2) is 19.2. The van der Waals surface area contributed by atoms with E-state index in [1.807, 2.05) is 39.0 Å². The molecule has 0 amide bonds. The molecule has 0 aromatic heterocycles. The van der Waals surface area contributed by atoms with Gasteiger partial charge >= 0.3 is 0 Å². The van der Waals surface area contributed by atoms with Crippen LogP contribution in [-0.4, -0.2) is 7.05 Å². The average Bonchev–Trinajstić information content (AvgIpc) is 3.20. The zero-order valence-electron chi connectivity index (χ0n) is 30.4. The van der Waals surface area contributed by atoms with Crippen molar-refractivity contribution in [2.45, 2.75) is 34.6 Å². The maximum atomic E-state index is 4.16. The molecule has 0 unspecified atom stereocenters. The average molecular weight is 655 g/mol. The number of fused-ring (bicyclic) bond motifs is 1. The van der Waals surface area contributed by atoms with Gasteiger partial charge in [0.2, 0.25) is 0 Å². The molecule has 50 heavy (non-hydrogen) atoms. The highest BCUT2D eigenvalue weighted by molar-refractivity contribution is 5.96. The van der Waals surface area contributed by atoms with Gasteiger partial charge in [-0.25, -0.2) is 0 Å². The molecule has 0 N–H and O–H groups in total. The molecule has 0 fully saturated rings. The Kier molecular flexibility index (Phi) is 14.2. The summed E-state index contributed by atoms with van der Waals surface area (Å²) in [6, 6.07) is 53.0. The minimum Gasteiger partial charge on any atom is -0.344 e. The molecule has 6 rings (SSSR count). The molecule has 0 radical (unpaired) electrons. The summed E-state index contributed by atoms with van der Waals surface area (Å²) in [7, 11) is 2.11. The number of rotatable bonds is 8. The fraction of sp³-hybridized carbons (Fsp3) is 0.125. The van der Waals surface area contributed by atoms with E-state index in [1.54, 1.807) is 0 Å². The highest BCUT2D eigenvalue weighted by Gasteiger charge is 2.14. The summed E-state index contributed by atoms with van der Waals surface area (Å²) in [5, 5.41) is 4.91. The van der Waals surface area contributed by atoms with Crippen LogP contribution < -0.4 is 20.2 Å². The summed E-state index contributed by atoms with van der Waals surface area (Å²) >= 11 is 0. The van der Waals surface area contributed by atoms with Gasteiger partial charge in [-0.3, -0.25) is 0 Å². The molecule has 252 valence electrons. The lowest BCUT2D eigenvalue weighted by Crippen LogP contribution is -2.33. The zero-order chi connectivity index (χ0) is 35.7. The van der Waals surface area contributed by atoms with Crippen molar-refractivity contribution in [3.63, 3.8) is 0 Å². The normalized spacial score (nSPS) is 12.0. The summed E-state index contributed by atoms with van der Waals surface area (Å²) in [5.74, 6) is 0. The van der Waals surface area contributed by atoms with Gasteiger partial charge in [0, 0.05) is 40.4 Å². The largest absolute Gasteiger partial charge is 0.344 e. The van der Waals surface area contributed by atoms with E-state index in [0.29, 0.717) is 0 Å². The maximum absolute atomic E-state index is 4.16. The maximum Gasteiger partial charge on any atom is 0.0533 e. The Morgan fingerprint density at radius 2 is 1.16 bits per heavy atom. The third-order valence-corrected chi connectivity index (χ3v) is 8.38. The predicted octanol–water partition coefficient (Wildman–Crippen LogP) is 12.1. The van der Waals surface area contributed by atoms with Crippen LogP contribution in [0.4, 0.5) is 17.1 Å². The standard InChI is InChI=1S/C29H29N.C17H15N.C2H6/c1-5-14-26(7-3)30(29(8-4)28-18-13-12-15-23(28)6-2)27-21-19-25(20-22-27)24-16-10-9-11-17-24;1-18(15-10-3-2-4-11-15)17-13-7-9-14-8-5-6-12-16(14)17;1-2/h5-22H,4H2,1-3H3;2-13H,1H3;1-2H3/b14-5-,23-6-,26-7+,29-28+;;. The van der Waals surface area contributed by atoms with Gasteiger partial charge in [0.05, 0.1) is 5.70 Å². The van der Waals surface area contributed by atoms with E-state index in [-0.39, 0.29) is 0 Å². The third-order valence-electron chi connectivity index (χ3n) is 8.38. The van der Waals surface area contributed by atoms with Gasteiger partial charge in [0.1, 0.15) is 0 Å². The van der Waals surface area contributed by atoms with Gasteiger partial charge in [-0.05, 0) is 85.0 Å². The highest BCUT2D eigenvalue weighted by Crippen LogP contribution is 2.31. The van der Waals surface area contributed by atoms with Crippen molar-refractivity contribution in [3.05, 3.63) is 199 Å². The number of hydrogen-bond donors (Lipinski definition) is 0. The van der Waals surface area contributed by atoms with Gasteiger partial charge in [0.15, 0.2) is 0 Å². The number of para-hydroxylation sites is 1. The predicted molar refractivity (Wildman–Crippen MR) is 222 cm³/mol. The molecule has 0 bridgehead atoms. The minimum absolute atomic E-state index is 1.06. The quantitative estimate of drug-likeness (QED) is 0.151. The molecule has 2 nitrogen and oxygen atoms in total. The number of hydrogen-bond acceptors (Lipinski definition) is 2. The lowest BCUT2D eigenvalue weighted by Gasteiger charge is -2.27. The van der Waals surface area contributed by atoms with Crippen molar-refractivity contribution < 1.29 is 0 Å². The van der Waals surface area contributed by atoms with Gasteiger partial charge in [-0.2, -0.15) is 0 Å². The van der Waals surface area contributed by atoms with Crippen molar-refractivity contribution in [3.8, 4) is 11.1 Å². The molecule has 0 aliphatic rings. The van der Waals surface area contributed by atoms with Crippen LogP contribution >= 0.6 is 0 Å². The van der Waals surface area contributed by atoms with E-state index >= 15 is 0 Å². The van der Waals surface area contributed by atoms with E-state index in [1.165, 1.54) is 38.5 Å². The monoisotopic (exact) mass is 654 g/mol. The van der Waals surface area contributed by atoms with E-state index in [0.717, 1.165) is 22.3 Å². The fourth-order valence-corrected chi connectivity index (χ4v) is 5.93. The molecule has 0 atom stereocenters. The van der Waals surface area contributed by atoms with Crippen LogP contribution in [0, 0.1) is 0 Å². The zero-order valence-corrected chi connectivity index (χ0v) is 30.4. The number of benzene rings is 6. The second-order valence-electron chi connectivity index (χ2n) is 11.3. The fourth-order valence-electron chi connectivity index (χ4n) is 5.93. The Labute approximate surface area is 300 Å². The van der Waals surface area contributed by atoms with Crippen molar-refractivity contribution in [1.29, 1.82) is 0 Å². The molecule has 6 aromatic rings. The lowest BCUT2D eigenvalue weighted by atomic mass is 10.0. The van der Waals surface area contributed by atoms with E-state index in [4.69, 9.17) is 0 Å². The van der Waals surface area contributed by atoms with Crippen LogP contribution in [0.15, 0.2) is 188 Å². The van der Waals surface area contributed by atoms with Crippen LogP contribution in [-0.2, 0) is 0 Å². The topological polar surface area (TPSA) is 6.48 Å². The first kappa shape index (κ1) is 37.0. The number of nitrogens with zero attached hydrogens (tertiary/aromatic N) is 2. The van der Waals surface area contributed by atoms with Gasteiger partial charge in [-0.15, -0.1) is 0 Å². The lowest BCUT2D eigenvalue weighted by molar-refractivity contribution is 1.20. The molecule has 6 aromatic carbocycles. The summed E-state index contributed by atoms with van der Waals surface area (Å²) in [6.45, 7) is 14.3. The van der Waals surface area contributed by atoms with E-state index in [9.17, 15) is 0 Å². The highest BCUT2D eigenvalue weighted by atomic mass is 15.2. The molecule has 0 heterocycles. The van der Waals surface area contributed by atoms with Crippen molar-refractivity contribution >= 4 is 39.6 Å². The SMILES string of the molecule is C=C/C(=c1/cccc/c1=C/C)N(C(/C=C\C)=C/C)c1ccc(-c2ccccc2)cc1.CC.CN(c1ccccc1)c1cccc2ccccc12. The summed E-state index contributed by atoms with van der Waals surface area (Å²) in [4.78, 5) is 4.49. The molecular formula is C48H50N2. The number of allylic oxidation sites excluding steroid dienone is 3. The Morgan fingerprint density at radius 3 is 1.80 bits per heavy atom. The third kappa shape index (κ3) is 8.98. The molecule has 0 aliphatic carbocycles. The number of anilines is 3. The molecule has 2 heteroatoms. The Bertz CT molecular complexity index is 2120. The Hall–Kier alpha value is -5.86. The molecule has 0 saturated carbocycles. The van der Waals surface area contributed by atoms with E-state index < -0.39 is 0 Å². The van der Waals surface area contributed by atoms with Gasteiger partial charge < -0.3 is 9.80 Å². The van der Waals surface area contributed by atoms with Gasteiger partial charge in [-0.1, -0.05) is 160 Å². The van der Waals surface area contributed by atoms with Crippen LogP contribution in [0.2, 0.25) is 0 Å². The van der Waals surface area contributed by atoms with Crippen molar-refractivity contribution in [2.75, 3.05) is 16.8 Å². The van der Waals surface area contributed by atoms with Crippen LogP contribution in [0.1, 0.15) is 34.6 Å². The van der Waals surface area contributed by atoms with Crippen molar-refractivity contribution in [1.82, 2.24) is 0 Å². The Morgan fingerprint density at radius 1 is 0.580 bits per heavy atom. The van der Waals surface area contributed by atoms with Crippen LogP contribution in [0.3, 0.4) is 0 Å². The molecule has 0 saturated heterocycles. The van der Waals surface area contributed by atoms with Gasteiger partial charge in [0.25, 0.3) is 0 Å². The first-order valence-electron chi connectivity index (χ1n) is 17.5. The minimum atomic E-state index is 1.06. The van der Waals surface area contributed by atoms with E-state index in [2.05, 4.69) is 201 Å². The van der Waals surface area contributed by atoms with Crippen LogP contribution in [0.25, 0.3) is 33.7 Å². The smallest absolute Gasteiger partial charge is 0.0533 e. The second-order valence-corrected chi connectivity index (χ2v) is 11.3. The first-order chi connectivity index (χ1) is 24.6. The molecular weight excluding hydrogens is 605 g/mol. The Balaban J connectivity index is 0.000000238. The summed E-state index contributed by atoms with van der Waals surface area (Å²) in [5.41, 5.74) is 8.12. The summed E-state index contributed by atoms with van der Waals surface area (Å²) in [6.07, 6.45) is 10.4. The van der Waals surface area contributed by atoms with Crippen LogP contribution in [0.5, 0.6) is 0 Å². The molecule has 0 spiro atoms. The summed E-state index contributed by atoms with van der Waals surface area (Å²) < 4.78 is 0. The molecule has 0 aliphatic heterocycles. The van der Waals surface area contributed by atoms with Crippen molar-refractivity contribution in [2.24, 2.45) is 0 Å². The first-order valence-corrected chi connectivity index (χ1v) is 17.5.